The van der Waals surface area contributed by atoms with E-state index in [2.05, 4.69) is 6.92 Å². The van der Waals surface area contributed by atoms with Crippen LogP contribution in [0.5, 0.6) is 0 Å². The van der Waals surface area contributed by atoms with Crippen LogP contribution in [0.1, 0.15) is 65.7 Å². The Balaban J connectivity index is 0. The summed E-state index contributed by atoms with van der Waals surface area (Å²) in [6.07, 6.45) is 6.06. The molecule has 0 aliphatic carbocycles. The molecule has 0 N–H and O–H groups in total. The Bertz CT molecular complexity index is 218. The van der Waals surface area contributed by atoms with Gasteiger partial charge in [-0.25, -0.2) is 0 Å². The molecular formula is C12H25NiO3P. The molecule has 0 aromatic heterocycles. The van der Waals surface area contributed by atoms with Gasteiger partial charge in [-0.3, -0.25) is 0 Å². The molecule has 0 heterocycles. The molecule has 0 aromatic carbocycles. The van der Waals surface area contributed by atoms with Gasteiger partial charge in [-0.1, -0.05) is 60.5 Å². The van der Waals surface area contributed by atoms with Gasteiger partial charge in [-0.2, -0.15) is 0 Å². The van der Waals surface area contributed by atoms with Crippen molar-refractivity contribution in [3.63, 3.8) is 0 Å². The second-order valence-electron chi connectivity index (χ2n) is 4.56. The fourth-order valence-corrected chi connectivity index (χ4v) is 3.58. The summed E-state index contributed by atoms with van der Waals surface area (Å²) >= 11 is 0. The van der Waals surface area contributed by atoms with Gasteiger partial charge in [0.15, 0.2) is 0 Å². The molecule has 0 bridgehead atoms. The molecule has 0 aromatic rings. The van der Waals surface area contributed by atoms with Gasteiger partial charge in [0.05, 0.1) is 0 Å². The van der Waals surface area contributed by atoms with Crippen LogP contribution in [0.4, 0.5) is 0 Å². The zero-order valence-electron chi connectivity index (χ0n) is 11.1. The van der Waals surface area contributed by atoms with Gasteiger partial charge in [0.25, 0.3) is 0 Å². The van der Waals surface area contributed by atoms with Crippen molar-refractivity contribution in [2.45, 2.75) is 71.4 Å². The van der Waals surface area contributed by atoms with E-state index in [4.69, 9.17) is 0 Å². The molecule has 0 saturated heterocycles. The second kappa shape index (κ2) is 10.6. The Morgan fingerprint density at radius 1 is 1.00 bits per heavy atom. The van der Waals surface area contributed by atoms with Crippen molar-refractivity contribution >= 4 is 7.60 Å². The summed E-state index contributed by atoms with van der Waals surface area (Å²) in [7, 11) is -4.42. The van der Waals surface area contributed by atoms with Crippen LogP contribution in [0.25, 0.3) is 0 Å². The summed E-state index contributed by atoms with van der Waals surface area (Å²) in [5.41, 5.74) is -0.635. The van der Waals surface area contributed by atoms with Crippen molar-refractivity contribution < 1.29 is 30.8 Å². The van der Waals surface area contributed by atoms with Crippen LogP contribution in [0, 0.1) is 5.92 Å². The molecule has 2 unspecified atom stereocenters. The van der Waals surface area contributed by atoms with Gasteiger partial charge in [-0.05, 0) is 24.4 Å². The third-order valence-corrected chi connectivity index (χ3v) is 4.75. The number of unbranched alkanes of at least 4 members (excludes halogenated alkanes) is 2. The molecule has 106 valence electrons. The Labute approximate surface area is 116 Å². The maximum atomic E-state index is 11.3. The maximum Gasteiger partial charge on any atom is 2.00 e. The maximum absolute atomic E-state index is 11.3. The minimum Gasteiger partial charge on any atom is -0.811 e. The second-order valence-corrected chi connectivity index (χ2v) is 6.30. The first-order chi connectivity index (χ1) is 7.47. The molecule has 0 amide bonds. The third kappa shape index (κ3) is 8.37. The van der Waals surface area contributed by atoms with Crippen molar-refractivity contribution in [2.24, 2.45) is 5.92 Å². The monoisotopic (exact) mass is 306 g/mol. The summed E-state index contributed by atoms with van der Waals surface area (Å²) in [5, 5.41) is 0. The Morgan fingerprint density at radius 3 is 1.82 bits per heavy atom. The van der Waals surface area contributed by atoms with E-state index in [9.17, 15) is 14.4 Å². The first-order valence-corrected chi connectivity index (χ1v) is 8.10. The van der Waals surface area contributed by atoms with Gasteiger partial charge in [0, 0.05) is 0 Å². The van der Waals surface area contributed by atoms with Crippen LogP contribution in [-0.4, -0.2) is 5.66 Å². The van der Waals surface area contributed by atoms with Crippen LogP contribution in [-0.2, 0) is 21.1 Å². The molecule has 2 atom stereocenters. The topological polar surface area (TPSA) is 63.2 Å². The zero-order chi connectivity index (χ0) is 12.6. The average Bonchev–Trinajstić information content (AvgIpc) is 2.21. The molecule has 0 radical (unpaired) electrons. The summed E-state index contributed by atoms with van der Waals surface area (Å²) < 4.78 is 11.3. The van der Waals surface area contributed by atoms with Gasteiger partial charge in [-0.15, -0.1) is 0 Å². The van der Waals surface area contributed by atoms with E-state index in [0.717, 1.165) is 38.5 Å². The van der Waals surface area contributed by atoms with Crippen molar-refractivity contribution in [3.8, 4) is 0 Å². The minimum absolute atomic E-state index is 0. The molecule has 5 heteroatoms. The number of hydrogen-bond donors (Lipinski definition) is 0. The summed E-state index contributed by atoms with van der Waals surface area (Å²) in [5.74, 6) is 0.0623. The van der Waals surface area contributed by atoms with E-state index in [1.165, 1.54) is 0 Å². The predicted octanol–water partition coefficient (Wildman–Crippen LogP) is 2.67. The molecule has 3 nitrogen and oxygen atoms in total. The molecule has 0 fully saturated rings. The summed E-state index contributed by atoms with van der Waals surface area (Å²) in [6.45, 7) is 6.08. The first-order valence-electron chi connectivity index (χ1n) is 6.49. The van der Waals surface area contributed by atoms with Crippen molar-refractivity contribution in [1.82, 2.24) is 0 Å². The van der Waals surface area contributed by atoms with Crippen molar-refractivity contribution in [3.05, 3.63) is 0 Å². The number of hydrogen-bond acceptors (Lipinski definition) is 3. The number of rotatable bonds is 9. The van der Waals surface area contributed by atoms with Crippen molar-refractivity contribution in [2.75, 3.05) is 0 Å². The first kappa shape index (κ1) is 20.0. The molecule has 17 heavy (non-hydrogen) atoms. The fraction of sp³-hybridized carbons (Fsp3) is 1.00. The van der Waals surface area contributed by atoms with Crippen LogP contribution in [0.15, 0.2) is 0 Å². The SMILES string of the molecule is CCCCC(CC)C(CCCC)P(=O)([O-])[O-].[Ni+2]. The average molecular weight is 307 g/mol. The molecule has 0 rings (SSSR count). The molecule has 0 aliphatic heterocycles. The van der Waals surface area contributed by atoms with E-state index in [0.29, 0.717) is 6.42 Å². The summed E-state index contributed by atoms with van der Waals surface area (Å²) in [6, 6.07) is 0. The standard InChI is InChI=1S/C12H27O3P.Ni/c1-4-7-9-11(6-3)12(10-8-5-2)16(13,14)15;/h11-12H,4-10H2,1-3H3,(H2,13,14,15);/q;+2/p-2. The normalized spacial score (nSPS) is 15.1. The van der Waals surface area contributed by atoms with E-state index < -0.39 is 13.3 Å². The third-order valence-electron chi connectivity index (χ3n) is 3.26. The smallest absolute Gasteiger partial charge is 0.811 e. The van der Waals surface area contributed by atoms with E-state index in [-0.39, 0.29) is 22.4 Å². The van der Waals surface area contributed by atoms with Crippen LogP contribution in [0.3, 0.4) is 0 Å². The van der Waals surface area contributed by atoms with Gasteiger partial charge in [0.2, 0.25) is 0 Å². The van der Waals surface area contributed by atoms with Gasteiger partial charge < -0.3 is 14.4 Å². The Hall–Kier alpha value is 0.644. The molecule has 0 aliphatic rings. The fourth-order valence-electron chi connectivity index (χ4n) is 2.20. The Morgan fingerprint density at radius 2 is 1.47 bits per heavy atom. The molecule has 0 saturated carbocycles. The predicted molar refractivity (Wildman–Crippen MR) is 64.2 cm³/mol. The minimum atomic E-state index is -4.42. The largest absolute Gasteiger partial charge is 2.00 e. The van der Waals surface area contributed by atoms with E-state index in [1.807, 2.05) is 13.8 Å². The van der Waals surface area contributed by atoms with Crippen LogP contribution in [0.2, 0.25) is 0 Å². The van der Waals surface area contributed by atoms with Crippen LogP contribution >= 0.6 is 7.60 Å². The van der Waals surface area contributed by atoms with Crippen molar-refractivity contribution in [1.29, 1.82) is 0 Å². The van der Waals surface area contributed by atoms with Crippen LogP contribution < -0.4 is 9.79 Å². The molecule has 0 spiro atoms. The summed E-state index contributed by atoms with van der Waals surface area (Å²) in [4.78, 5) is 22.5. The van der Waals surface area contributed by atoms with E-state index in [1.54, 1.807) is 0 Å². The van der Waals surface area contributed by atoms with Gasteiger partial charge >= 0.3 is 16.5 Å². The Kier molecular flexibility index (Phi) is 12.4. The van der Waals surface area contributed by atoms with E-state index >= 15 is 0 Å². The quantitative estimate of drug-likeness (QED) is 0.486. The van der Waals surface area contributed by atoms with Gasteiger partial charge in [0.1, 0.15) is 0 Å². The zero-order valence-corrected chi connectivity index (χ0v) is 13.0. The molecular weight excluding hydrogens is 282 g/mol.